The van der Waals surface area contributed by atoms with Crippen LogP contribution in [-0.4, -0.2) is 36.3 Å². The minimum atomic E-state index is -0.225. The van der Waals surface area contributed by atoms with E-state index in [4.69, 9.17) is 0 Å². The topological polar surface area (TPSA) is 69.7 Å². The van der Waals surface area contributed by atoms with Gasteiger partial charge in [-0.25, -0.2) is 0 Å². The smallest absolute Gasteiger partial charge is 0.259 e. The third-order valence-corrected chi connectivity index (χ3v) is 6.57. The standard InChI is InChI=1S/C31H27N3O3/c1-21-11-13-22(14-12-21)26-8-4-5-9-27(26)30(36)32-25-17-15-23(16-18-25)31(37)34-20-33(2)29(35)19-24-7-3-6-10-28(24)34/h3-18H,19-20H2,1-2H3,(H,32,36). The maximum absolute atomic E-state index is 13.4. The first-order valence-electron chi connectivity index (χ1n) is 12.1. The van der Waals surface area contributed by atoms with Crippen LogP contribution in [0.3, 0.4) is 0 Å². The number of anilines is 2. The zero-order chi connectivity index (χ0) is 25.9. The summed E-state index contributed by atoms with van der Waals surface area (Å²) in [6.07, 6.45) is 0.255. The lowest BCUT2D eigenvalue weighted by atomic mass is 9.98. The first-order valence-corrected chi connectivity index (χ1v) is 12.1. The van der Waals surface area contributed by atoms with E-state index in [1.54, 1.807) is 47.2 Å². The van der Waals surface area contributed by atoms with Crippen molar-refractivity contribution in [3.8, 4) is 11.1 Å². The molecular weight excluding hydrogens is 462 g/mol. The number of benzene rings is 4. The highest BCUT2D eigenvalue weighted by Crippen LogP contribution is 2.28. The predicted molar refractivity (Wildman–Crippen MR) is 146 cm³/mol. The minimum absolute atomic E-state index is 0.0354. The quantitative estimate of drug-likeness (QED) is 0.410. The Morgan fingerprint density at radius 2 is 1.49 bits per heavy atom. The van der Waals surface area contributed by atoms with Gasteiger partial charge in [0, 0.05) is 29.5 Å². The second-order valence-electron chi connectivity index (χ2n) is 9.21. The van der Waals surface area contributed by atoms with E-state index in [0.29, 0.717) is 16.8 Å². The third-order valence-electron chi connectivity index (χ3n) is 6.57. The van der Waals surface area contributed by atoms with Gasteiger partial charge in [0.05, 0.1) is 6.42 Å². The summed E-state index contributed by atoms with van der Waals surface area (Å²) in [5.74, 6) is -0.472. The first-order chi connectivity index (χ1) is 17.9. The van der Waals surface area contributed by atoms with Crippen molar-refractivity contribution in [1.82, 2.24) is 4.90 Å². The molecule has 1 aliphatic heterocycles. The van der Waals surface area contributed by atoms with Gasteiger partial charge in [-0.1, -0.05) is 66.2 Å². The number of fused-ring (bicyclic) bond motifs is 1. The highest BCUT2D eigenvalue weighted by molar-refractivity contribution is 6.10. The highest BCUT2D eigenvalue weighted by Gasteiger charge is 2.27. The van der Waals surface area contributed by atoms with E-state index in [9.17, 15) is 14.4 Å². The molecule has 6 heteroatoms. The number of aryl methyl sites for hydroxylation is 1. The van der Waals surface area contributed by atoms with Crippen molar-refractivity contribution in [2.24, 2.45) is 0 Å². The summed E-state index contributed by atoms with van der Waals surface area (Å²) in [7, 11) is 1.70. The Balaban J connectivity index is 1.36. The summed E-state index contributed by atoms with van der Waals surface area (Å²) in [4.78, 5) is 42.2. The van der Waals surface area contributed by atoms with Crippen LogP contribution in [0, 0.1) is 6.92 Å². The van der Waals surface area contributed by atoms with Crippen molar-refractivity contribution in [2.45, 2.75) is 13.3 Å². The molecule has 4 aromatic carbocycles. The lowest BCUT2D eigenvalue weighted by Crippen LogP contribution is -2.41. The predicted octanol–water partition coefficient (Wildman–Crippen LogP) is 5.53. The number of hydrogen-bond acceptors (Lipinski definition) is 3. The SMILES string of the molecule is Cc1ccc(-c2ccccc2C(=O)Nc2ccc(C(=O)N3CN(C)C(=O)Cc4ccccc43)cc2)cc1. The molecule has 0 aliphatic carbocycles. The normalized spacial score (nSPS) is 13.1. The van der Waals surface area contributed by atoms with Gasteiger partial charge in [0.15, 0.2) is 0 Å². The summed E-state index contributed by atoms with van der Waals surface area (Å²) in [6.45, 7) is 2.20. The van der Waals surface area contributed by atoms with Crippen LogP contribution in [0.5, 0.6) is 0 Å². The van der Waals surface area contributed by atoms with Crippen molar-refractivity contribution in [1.29, 1.82) is 0 Å². The van der Waals surface area contributed by atoms with E-state index in [0.717, 1.165) is 27.9 Å². The van der Waals surface area contributed by atoms with E-state index in [1.165, 1.54) is 0 Å². The van der Waals surface area contributed by atoms with E-state index in [1.807, 2.05) is 73.7 Å². The highest BCUT2D eigenvalue weighted by atomic mass is 16.2. The van der Waals surface area contributed by atoms with Crippen molar-refractivity contribution >= 4 is 29.1 Å². The van der Waals surface area contributed by atoms with E-state index >= 15 is 0 Å². The maximum atomic E-state index is 13.4. The minimum Gasteiger partial charge on any atom is -0.327 e. The third kappa shape index (κ3) is 5.00. The van der Waals surface area contributed by atoms with Crippen molar-refractivity contribution < 1.29 is 14.4 Å². The summed E-state index contributed by atoms with van der Waals surface area (Å²) >= 11 is 0. The molecule has 0 radical (unpaired) electrons. The Morgan fingerprint density at radius 3 is 2.24 bits per heavy atom. The molecule has 0 saturated carbocycles. The zero-order valence-electron chi connectivity index (χ0n) is 20.8. The fourth-order valence-corrected chi connectivity index (χ4v) is 4.48. The van der Waals surface area contributed by atoms with Gasteiger partial charge in [0.2, 0.25) is 5.91 Å². The number of rotatable bonds is 4. The number of likely N-dealkylation sites (N-methyl/N-ethyl adjacent to an activating group) is 1. The van der Waals surface area contributed by atoms with Crippen LogP contribution < -0.4 is 10.2 Å². The van der Waals surface area contributed by atoms with Crippen LogP contribution in [0.15, 0.2) is 97.1 Å². The molecular formula is C31H27N3O3. The molecule has 0 fully saturated rings. The van der Waals surface area contributed by atoms with Crippen molar-refractivity contribution in [2.75, 3.05) is 23.9 Å². The van der Waals surface area contributed by atoms with Gasteiger partial charge in [0.1, 0.15) is 6.67 Å². The molecule has 1 aliphatic rings. The van der Waals surface area contributed by atoms with Gasteiger partial charge in [-0.15, -0.1) is 0 Å². The average Bonchev–Trinajstić information content (AvgIpc) is 3.05. The molecule has 0 spiro atoms. The van der Waals surface area contributed by atoms with Gasteiger partial charge < -0.3 is 10.2 Å². The Morgan fingerprint density at radius 1 is 0.811 bits per heavy atom. The molecule has 37 heavy (non-hydrogen) atoms. The Labute approximate surface area is 216 Å². The molecule has 0 bridgehead atoms. The average molecular weight is 490 g/mol. The molecule has 1 N–H and O–H groups in total. The summed E-state index contributed by atoms with van der Waals surface area (Å²) in [5.41, 5.74) is 6.16. The number of hydrogen-bond donors (Lipinski definition) is 1. The summed E-state index contributed by atoms with van der Waals surface area (Å²) in [5, 5.41) is 2.95. The van der Waals surface area contributed by atoms with Crippen LogP contribution in [0.1, 0.15) is 31.8 Å². The molecule has 3 amide bonds. The number of amides is 3. The lowest BCUT2D eigenvalue weighted by molar-refractivity contribution is -0.128. The molecule has 1 heterocycles. The molecule has 6 nitrogen and oxygen atoms in total. The number of nitrogens with zero attached hydrogens (tertiary/aromatic N) is 2. The number of carbonyl (C=O) groups is 3. The van der Waals surface area contributed by atoms with Crippen LogP contribution in [0.2, 0.25) is 0 Å². The Kier molecular flexibility index (Phi) is 6.56. The molecule has 0 atom stereocenters. The van der Waals surface area contributed by atoms with Crippen LogP contribution in [0.4, 0.5) is 11.4 Å². The van der Waals surface area contributed by atoms with Crippen LogP contribution >= 0.6 is 0 Å². The van der Waals surface area contributed by atoms with Crippen LogP contribution in [0.25, 0.3) is 11.1 Å². The Hall–Kier alpha value is -4.71. The fourth-order valence-electron chi connectivity index (χ4n) is 4.48. The largest absolute Gasteiger partial charge is 0.327 e. The first kappa shape index (κ1) is 24.0. The second-order valence-corrected chi connectivity index (χ2v) is 9.21. The van der Waals surface area contributed by atoms with Crippen molar-refractivity contribution in [3.05, 3.63) is 119 Å². The Bertz CT molecular complexity index is 1480. The van der Waals surface area contributed by atoms with E-state index < -0.39 is 0 Å². The van der Waals surface area contributed by atoms with Crippen LogP contribution in [-0.2, 0) is 11.2 Å². The van der Waals surface area contributed by atoms with E-state index in [2.05, 4.69) is 5.32 Å². The van der Waals surface area contributed by atoms with E-state index in [-0.39, 0.29) is 30.8 Å². The lowest BCUT2D eigenvalue weighted by Gasteiger charge is -2.26. The molecule has 184 valence electrons. The van der Waals surface area contributed by atoms with Gasteiger partial charge in [-0.2, -0.15) is 0 Å². The summed E-state index contributed by atoms with van der Waals surface area (Å²) < 4.78 is 0. The number of carbonyl (C=O) groups excluding carboxylic acids is 3. The van der Waals surface area contributed by atoms with Gasteiger partial charge in [0.25, 0.3) is 11.8 Å². The molecule has 0 saturated heterocycles. The molecule has 0 unspecified atom stereocenters. The monoisotopic (exact) mass is 489 g/mol. The number of para-hydroxylation sites is 1. The fraction of sp³-hybridized carbons (Fsp3) is 0.129. The zero-order valence-corrected chi connectivity index (χ0v) is 20.8. The number of nitrogens with one attached hydrogen (secondary N) is 1. The second kappa shape index (κ2) is 10.1. The van der Waals surface area contributed by atoms with Gasteiger partial charge >= 0.3 is 0 Å². The molecule has 5 rings (SSSR count). The van der Waals surface area contributed by atoms with Gasteiger partial charge in [-0.3, -0.25) is 19.3 Å². The van der Waals surface area contributed by atoms with Gasteiger partial charge in [-0.05, 0) is 60.0 Å². The maximum Gasteiger partial charge on any atom is 0.259 e. The summed E-state index contributed by atoms with van der Waals surface area (Å²) in [6, 6.07) is 29.9. The molecule has 4 aromatic rings. The molecule has 0 aromatic heterocycles. The van der Waals surface area contributed by atoms with Crippen molar-refractivity contribution in [3.63, 3.8) is 0 Å².